The van der Waals surface area contributed by atoms with Crippen LogP contribution in [0.5, 0.6) is 5.75 Å². The van der Waals surface area contributed by atoms with Crippen LogP contribution in [0.4, 0.5) is 5.69 Å². The van der Waals surface area contributed by atoms with Crippen molar-refractivity contribution in [3.05, 3.63) is 65.7 Å². The fourth-order valence-electron chi connectivity index (χ4n) is 2.88. The van der Waals surface area contributed by atoms with Gasteiger partial charge in [-0.05, 0) is 67.8 Å². The van der Waals surface area contributed by atoms with Crippen molar-refractivity contribution in [2.45, 2.75) is 33.7 Å². The number of amides is 2. The second-order valence-corrected chi connectivity index (χ2v) is 7.35. The van der Waals surface area contributed by atoms with Gasteiger partial charge in [-0.15, -0.1) is 0 Å². The molecule has 0 aliphatic heterocycles. The van der Waals surface area contributed by atoms with E-state index in [1.165, 1.54) is 6.08 Å². The second kappa shape index (κ2) is 12.3. The molecule has 0 aliphatic carbocycles. The molecule has 2 aromatic carbocycles. The van der Waals surface area contributed by atoms with E-state index in [-0.39, 0.29) is 17.7 Å². The molecule has 0 aromatic heterocycles. The van der Waals surface area contributed by atoms with Crippen molar-refractivity contribution < 1.29 is 23.9 Å². The first-order valence-corrected chi connectivity index (χ1v) is 10.6. The molecule has 0 spiro atoms. The van der Waals surface area contributed by atoms with Crippen LogP contribution in [-0.4, -0.2) is 37.0 Å². The molecule has 7 heteroatoms. The molecular weight excluding hydrogens is 408 g/mol. The lowest BCUT2D eigenvalue weighted by Gasteiger charge is -2.22. The van der Waals surface area contributed by atoms with Crippen LogP contribution < -0.4 is 15.4 Å². The molecule has 1 atom stereocenters. The molecule has 0 bridgehead atoms. The van der Waals surface area contributed by atoms with Gasteiger partial charge in [0.05, 0.1) is 13.2 Å². The zero-order valence-corrected chi connectivity index (χ0v) is 18.9. The van der Waals surface area contributed by atoms with E-state index in [1.807, 2.05) is 20.8 Å². The third-order valence-corrected chi connectivity index (χ3v) is 4.54. The van der Waals surface area contributed by atoms with Crippen molar-refractivity contribution in [1.29, 1.82) is 0 Å². The van der Waals surface area contributed by atoms with E-state index >= 15 is 0 Å². The SMILES string of the molecule is CCOC(=O)/C=C/c1ccc(NC(=O)[C@@H](NC(=O)c2ccc(OCC)cc2)C(C)C)cc1. The van der Waals surface area contributed by atoms with E-state index in [4.69, 9.17) is 9.47 Å². The van der Waals surface area contributed by atoms with Crippen LogP contribution in [-0.2, 0) is 14.3 Å². The minimum Gasteiger partial charge on any atom is -0.494 e. The standard InChI is InChI=1S/C25H30N2O5/c1-5-31-21-14-10-19(11-15-21)24(29)27-23(17(3)4)25(30)26-20-12-7-18(8-13-20)9-16-22(28)32-6-2/h7-17,23H,5-6H2,1-4H3,(H,26,30)(H,27,29)/b16-9+/t23-/m0/s1. The molecule has 0 fully saturated rings. The summed E-state index contributed by atoms with van der Waals surface area (Å²) in [6.07, 6.45) is 2.99. The summed E-state index contributed by atoms with van der Waals surface area (Å²) in [5.41, 5.74) is 1.83. The molecule has 2 N–H and O–H groups in total. The topological polar surface area (TPSA) is 93.7 Å². The van der Waals surface area contributed by atoms with E-state index in [0.717, 1.165) is 5.56 Å². The quantitative estimate of drug-likeness (QED) is 0.431. The van der Waals surface area contributed by atoms with Crippen LogP contribution in [0.1, 0.15) is 43.6 Å². The van der Waals surface area contributed by atoms with Crippen LogP contribution in [0.25, 0.3) is 6.08 Å². The lowest BCUT2D eigenvalue weighted by Crippen LogP contribution is -2.47. The maximum atomic E-state index is 12.8. The first kappa shape index (κ1) is 24.7. The maximum Gasteiger partial charge on any atom is 0.330 e. The highest BCUT2D eigenvalue weighted by Gasteiger charge is 2.24. The number of anilines is 1. The van der Waals surface area contributed by atoms with E-state index in [0.29, 0.717) is 30.2 Å². The lowest BCUT2D eigenvalue weighted by atomic mass is 10.0. The summed E-state index contributed by atoms with van der Waals surface area (Å²) in [5.74, 6) is -0.487. The van der Waals surface area contributed by atoms with E-state index < -0.39 is 12.0 Å². The molecule has 0 radical (unpaired) electrons. The number of carbonyl (C=O) groups is 3. The largest absolute Gasteiger partial charge is 0.494 e. The predicted molar refractivity (Wildman–Crippen MR) is 124 cm³/mol. The van der Waals surface area contributed by atoms with Crippen LogP contribution in [0.15, 0.2) is 54.6 Å². The first-order chi connectivity index (χ1) is 15.3. The third kappa shape index (κ3) is 7.58. The van der Waals surface area contributed by atoms with Crippen molar-refractivity contribution in [3.63, 3.8) is 0 Å². The van der Waals surface area contributed by atoms with Crippen LogP contribution in [0.3, 0.4) is 0 Å². The molecule has 170 valence electrons. The zero-order chi connectivity index (χ0) is 23.5. The van der Waals surface area contributed by atoms with E-state index in [9.17, 15) is 14.4 Å². The minimum absolute atomic E-state index is 0.117. The Labute approximate surface area is 188 Å². The average Bonchev–Trinajstić information content (AvgIpc) is 2.77. The number of benzene rings is 2. The Morgan fingerprint density at radius 2 is 1.59 bits per heavy atom. The van der Waals surface area contributed by atoms with Crippen molar-refractivity contribution in [1.82, 2.24) is 5.32 Å². The summed E-state index contributed by atoms with van der Waals surface area (Å²) in [5, 5.41) is 5.64. The number of hydrogen-bond acceptors (Lipinski definition) is 5. The smallest absolute Gasteiger partial charge is 0.330 e. The maximum absolute atomic E-state index is 12.8. The van der Waals surface area contributed by atoms with Crippen molar-refractivity contribution in [2.75, 3.05) is 18.5 Å². The van der Waals surface area contributed by atoms with Gasteiger partial charge < -0.3 is 20.1 Å². The summed E-state index contributed by atoms with van der Waals surface area (Å²) < 4.78 is 10.2. The van der Waals surface area contributed by atoms with Gasteiger partial charge in [-0.1, -0.05) is 26.0 Å². The van der Waals surface area contributed by atoms with Gasteiger partial charge >= 0.3 is 5.97 Å². The molecule has 0 saturated carbocycles. The van der Waals surface area contributed by atoms with Crippen molar-refractivity contribution in [3.8, 4) is 5.75 Å². The van der Waals surface area contributed by atoms with Gasteiger partial charge in [0.1, 0.15) is 11.8 Å². The molecule has 7 nitrogen and oxygen atoms in total. The molecule has 32 heavy (non-hydrogen) atoms. The normalized spacial score (nSPS) is 11.8. The van der Waals surface area contributed by atoms with Gasteiger partial charge in [-0.25, -0.2) is 4.79 Å². The average molecular weight is 439 g/mol. The highest BCUT2D eigenvalue weighted by atomic mass is 16.5. The fourth-order valence-corrected chi connectivity index (χ4v) is 2.88. The molecule has 2 aromatic rings. The summed E-state index contributed by atoms with van der Waals surface area (Å²) >= 11 is 0. The van der Waals surface area contributed by atoms with Crippen LogP contribution in [0.2, 0.25) is 0 Å². The Morgan fingerprint density at radius 1 is 0.938 bits per heavy atom. The number of nitrogens with one attached hydrogen (secondary N) is 2. The lowest BCUT2D eigenvalue weighted by molar-refractivity contribution is -0.137. The molecule has 2 rings (SSSR count). The molecule has 0 saturated heterocycles. The minimum atomic E-state index is -0.711. The molecule has 0 aliphatic rings. The van der Waals surface area contributed by atoms with Gasteiger partial charge in [0, 0.05) is 17.3 Å². The first-order valence-electron chi connectivity index (χ1n) is 10.6. The number of hydrogen-bond donors (Lipinski definition) is 2. The predicted octanol–water partition coefficient (Wildman–Crippen LogP) is 4.05. The monoisotopic (exact) mass is 438 g/mol. The Hall–Kier alpha value is -3.61. The second-order valence-electron chi connectivity index (χ2n) is 7.35. The molecule has 0 unspecified atom stereocenters. The summed E-state index contributed by atoms with van der Waals surface area (Å²) in [4.78, 5) is 36.8. The Balaban J connectivity index is 2.00. The molecule has 2 amide bonds. The molecular formula is C25H30N2O5. The van der Waals surface area contributed by atoms with Crippen LogP contribution >= 0.6 is 0 Å². The van der Waals surface area contributed by atoms with E-state index in [2.05, 4.69) is 10.6 Å². The summed E-state index contributed by atoms with van der Waals surface area (Å²) in [6, 6.07) is 13.1. The number of rotatable bonds is 10. The zero-order valence-electron chi connectivity index (χ0n) is 18.9. The number of esters is 1. The van der Waals surface area contributed by atoms with Gasteiger partial charge in [0.2, 0.25) is 5.91 Å². The Kier molecular flexibility index (Phi) is 9.47. The summed E-state index contributed by atoms with van der Waals surface area (Å²) in [6.45, 7) is 8.23. The van der Waals surface area contributed by atoms with Gasteiger partial charge in [0.15, 0.2) is 0 Å². The Bertz CT molecular complexity index is 934. The van der Waals surface area contributed by atoms with Crippen molar-refractivity contribution >= 4 is 29.5 Å². The summed E-state index contributed by atoms with van der Waals surface area (Å²) in [7, 11) is 0. The third-order valence-electron chi connectivity index (χ3n) is 4.54. The molecule has 0 heterocycles. The van der Waals surface area contributed by atoms with E-state index in [1.54, 1.807) is 61.5 Å². The van der Waals surface area contributed by atoms with Gasteiger partial charge in [-0.2, -0.15) is 0 Å². The number of ether oxygens (including phenoxy) is 2. The highest BCUT2D eigenvalue weighted by Crippen LogP contribution is 2.15. The van der Waals surface area contributed by atoms with Gasteiger partial charge in [-0.3, -0.25) is 9.59 Å². The highest BCUT2D eigenvalue weighted by molar-refractivity contribution is 6.01. The van der Waals surface area contributed by atoms with Gasteiger partial charge in [0.25, 0.3) is 5.91 Å². The van der Waals surface area contributed by atoms with Crippen molar-refractivity contribution in [2.24, 2.45) is 5.92 Å². The Morgan fingerprint density at radius 3 is 2.16 bits per heavy atom. The fraction of sp³-hybridized carbons (Fsp3) is 0.320. The number of carbonyl (C=O) groups excluding carboxylic acids is 3. The van der Waals surface area contributed by atoms with Crippen LogP contribution in [0, 0.1) is 5.92 Å².